The molecule has 1 rings (SSSR count). The number of nitrogens with one attached hydrogen (secondary N) is 2. The number of ether oxygens (including phenoxy) is 1. The molecule has 0 bridgehead atoms. The van der Waals surface area contributed by atoms with Crippen molar-refractivity contribution in [3.05, 3.63) is 28.2 Å². The Morgan fingerprint density at radius 2 is 2.26 bits per heavy atom. The minimum Gasteiger partial charge on any atom is -0.385 e. The molecule has 0 unspecified atom stereocenters. The molecule has 0 saturated carbocycles. The number of aliphatic imine (C=N–C) groups is 1. The zero-order valence-corrected chi connectivity index (χ0v) is 13.0. The first-order valence-electron chi connectivity index (χ1n) is 6.26. The Morgan fingerprint density at radius 3 is 2.89 bits per heavy atom. The van der Waals surface area contributed by atoms with Crippen LogP contribution in [0.3, 0.4) is 0 Å². The number of halogens is 1. The molecule has 0 atom stereocenters. The first-order chi connectivity index (χ1) is 9.21. The van der Waals surface area contributed by atoms with Gasteiger partial charge < -0.3 is 10.1 Å². The molecule has 0 heterocycles. The molecular formula is C13H21BrN4O. The van der Waals surface area contributed by atoms with Crippen molar-refractivity contribution in [1.82, 2.24) is 5.43 Å². The smallest absolute Gasteiger partial charge is 0.210 e. The van der Waals surface area contributed by atoms with E-state index >= 15 is 0 Å². The Hall–Kier alpha value is -1.11. The van der Waals surface area contributed by atoms with E-state index in [1.54, 1.807) is 7.11 Å². The van der Waals surface area contributed by atoms with Crippen LogP contribution >= 0.6 is 15.9 Å². The van der Waals surface area contributed by atoms with Crippen LogP contribution in [0.25, 0.3) is 0 Å². The van der Waals surface area contributed by atoms with E-state index in [1.165, 1.54) is 5.56 Å². The summed E-state index contributed by atoms with van der Waals surface area (Å²) in [6.07, 6.45) is 1.80. The van der Waals surface area contributed by atoms with Crippen LogP contribution in [0, 0.1) is 0 Å². The topological polar surface area (TPSA) is 71.7 Å². The van der Waals surface area contributed by atoms with E-state index in [0.29, 0.717) is 19.1 Å². The highest BCUT2D eigenvalue weighted by Gasteiger charge is 2.04. The van der Waals surface area contributed by atoms with E-state index in [1.807, 2.05) is 12.1 Å². The lowest BCUT2D eigenvalue weighted by Crippen LogP contribution is -2.36. The Balaban J connectivity index is 2.69. The van der Waals surface area contributed by atoms with Gasteiger partial charge in [-0.25, -0.2) is 5.84 Å². The molecule has 0 aliphatic heterocycles. The van der Waals surface area contributed by atoms with E-state index in [2.05, 4.69) is 44.7 Å². The summed E-state index contributed by atoms with van der Waals surface area (Å²) >= 11 is 3.47. The van der Waals surface area contributed by atoms with Crippen molar-refractivity contribution >= 4 is 27.6 Å². The highest BCUT2D eigenvalue weighted by atomic mass is 79.9. The van der Waals surface area contributed by atoms with E-state index in [0.717, 1.165) is 23.0 Å². The van der Waals surface area contributed by atoms with Crippen LogP contribution in [0.2, 0.25) is 0 Å². The normalized spacial score (nSPS) is 11.5. The second-order valence-corrected chi connectivity index (χ2v) is 4.92. The zero-order valence-electron chi connectivity index (χ0n) is 11.4. The fourth-order valence-corrected chi connectivity index (χ4v) is 2.03. The second kappa shape index (κ2) is 8.90. The monoisotopic (exact) mass is 328 g/mol. The summed E-state index contributed by atoms with van der Waals surface area (Å²) < 4.78 is 6.04. The van der Waals surface area contributed by atoms with Crippen molar-refractivity contribution in [2.24, 2.45) is 10.8 Å². The van der Waals surface area contributed by atoms with Crippen LogP contribution in [0.4, 0.5) is 5.69 Å². The molecule has 0 amide bonds. The average Bonchev–Trinajstić information content (AvgIpc) is 2.43. The van der Waals surface area contributed by atoms with Gasteiger partial charge in [-0.15, -0.1) is 0 Å². The summed E-state index contributed by atoms with van der Waals surface area (Å²) in [5.74, 6) is 6.04. The molecule has 1 aromatic carbocycles. The first-order valence-corrected chi connectivity index (χ1v) is 7.06. The van der Waals surface area contributed by atoms with Crippen molar-refractivity contribution in [3.63, 3.8) is 0 Å². The lowest BCUT2D eigenvalue weighted by Gasteiger charge is -2.13. The number of methoxy groups -OCH3 is 1. The highest BCUT2D eigenvalue weighted by molar-refractivity contribution is 9.10. The standard InChI is InChI=1S/C13H21BrN4O/c1-3-10-9-11(14)5-6-12(10)17-13(18-15)16-7-4-8-19-2/h5-6,9H,3-4,7-8,15H2,1-2H3,(H2,16,17,18). The van der Waals surface area contributed by atoms with Crippen LogP contribution in [0.15, 0.2) is 27.7 Å². The molecule has 0 spiro atoms. The number of aryl methyl sites for hydroxylation is 1. The van der Waals surface area contributed by atoms with Crippen LogP contribution < -0.4 is 16.6 Å². The number of nitrogens with two attached hydrogens (primary N) is 1. The SMILES string of the molecule is CCc1cc(Br)ccc1NC(=NCCCOC)NN. The van der Waals surface area contributed by atoms with Gasteiger partial charge in [-0.2, -0.15) is 0 Å². The number of hydrazine groups is 1. The molecule has 0 aliphatic carbocycles. The number of rotatable bonds is 6. The third kappa shape index (κ3) is 5.59. The average molecular weight is 329 g/mol. The minimum absolute atomic E-state index is 0.563. The summed E-state index contributed by atoms with van der Waals surface area (Å²) in [6, 6.07) is 6.08. The molecule has 0 saturated heterocycles. The Morgan fingerprint density at radius 1 is 1.47 bits per heavy atom. The van der Waals surface area contributed by atoms with Crippen LogP contribution in [-0.4, -0.2) is 26.2 Å². The molecular weight excluding hydrogens is 308 g/mol. The van der Waals surface area contributed by atoms with E-state index in [4.69, 9.17) is 10.6 Å². The van der Waals surface area contributed by atoms with Crippen LogP contribution in [0.5, 0.6) is 0 Å². The van der Waals surface area contributed by atoms with Crippen molar-refractivity contribution in [3.8, 4) is 0 Å². The molecule has 0 aromatic heterocycles. The van der Waals surface area contributed by atoms with Gasteiger partial charge in [-0.3, -0.25) is 10.4 Å². The Labute approximate surface area is 122 Å². The molecule has 6 heteroatoms. The van der Waals surface area contributed by atoms with Gasteiger partial charge in [0, 0.05) is 30.4 Å². The van der Waals surface area contributed by atoms with Crippen LogP contribution in [-0.2, 0) is 11.2 Å². The number of benzene rings is 1. The Bertz CT molecular complexity index is 423. The van der Waals surface area contributed by atoms with E-state index in [9.17, 15) is 0 Å². The molecule has 0 radical (unpaired) electrons. The fourth-order valence-electron chi connectivity index (χ4n) is 1.63. The lowest BCUT2D eigenvalue weighted by molar-refractivity contribution is 0.197. The predicted octanol–water partition coefficient (Wildman–Crippen LogP) is 2.28. The number of hydrogen-bond donors (Lipinski definition) is 3. The number of guanidine groups is 1. The van der Waals surface area contributed by atoms with E-state index in [-0.39, 0.29) is 0 Å². The molecule has 1 aromatic rings. The van der Waals surface area contributed by atoms with Crippen molar-refractivity contribution in [2.75, 3.05) is 25.6 Å². The third-order valence-electron chi connectivity index (χ3n) is 2.61. The first kappa shape index (κ1) is 15.9. The van der Waals surface area contributed by atoms with Gasteiger partial charge in [-0.1, -0.05) is 22.9 Å². The van der Waals surface area contributed by atoms with Gasteiger partial charge >= 0.3 is 0 Å². The van der Waals surface area contributed by atoms with Gasteiger partial charge in [-0.05, 0) is 36.6 Å². The summed E-state index contributed by atoms with van der Waals surface area (Å²) in [5.41, 5.74) is 4.79. The van der Waals surface area contributed by atoms with Gasteiger partial charge in [0.25, 0.3) is 0 Å². The minimum atomic E-state index is 0.563. The molecule has 0 aliphatic rings. The van der Waals surface area contributed by atoms with Crippen molar-refractivity contribution < 1.29 is 4.74 Å². The van der Waals surface area contributed by atoms with Crippen molar-refractivity contribution in [2.45, 2.75) is 19.8 Å². The lowest BCUT2D eigenvalue weighted by atomic mass is 10.1. The number of anilines is 1. The summed E-state index contributed by atoms with van der Waals surface area (Å²) in [4.78, 5) is 4.35. The predicted molar refractivity (Wildman–Crippen MR) is 83.3 cm³/mol. The maximum Gasteiger partial charge on any atom is 0.210 e. The zero-order chi connectivity index (χ0) is 14.1. The summed E-state index contributed by atoms with van der Waals surface area (Å²) in [7, 11) is 1.68. The van der Waals surface area contributed by atoms with Gasteiger partial charge in [0.05, 0.1) is 0 Å². The fraction of sp³-hybridized carbons (Fsp3) is 0.462. The molecule has 106 valence electrons. The maximum atomic E-state index is 5.47. The quantitative estimate of drug-likeness (QED) is 0.246. The van der Waals surface area contributed by atoms with Crippen LogP contribution in [0.1, 0.15) is 18.9 Å². The third-order valence-corrected chi connectivity index (χ3v) is 3.11. The summed E-state index contributed by atoms with van der Waals surface area (Å²) in [6.45, 7) is 3.47. The molecule has 19 heavy (non-hydrogen) atoms. The second-order valence-electron chi connectivity index (χ2n) is 4.00. The van der Waals surface area contributed by atoms with E-state index < -0.39 is 0 Å². The number of nitrogens with zero attached hydrogens (tertiary/aromatic N) is 1. The van der Waals surface area contributed by atoms with Crippen molar-refractivity contribution in [1.29, 1.82) is 0 Å². The van der Waals surface area contributed by atoms with Gasteiger partial charge in [0.2, 0.25) is 5.96 Å². The highest BCUT2D eigenvalue weighted by Crippen LogP contribution is 2.21. The Kier molecular flexibility index (Phi) is 7.47. The largest absolute Gasteiger partial charge is 0.385 e. The van der Waals surface area contributed by atoms with Gasteiger partial charge in [0.15, 0.2) is 0 Å². The van der Waals surface area contributed by atoms with Gasteiger partial charge in [0.1, 0.15) is 0 Å². The molecule has 4 N–H and O–H groups in total. The summed E-state index contributed by atoms with van der Waals surface area (Å²) in [5, 5.41) is 3.20. The molecule has 5 nitrogen and oxygen atoms in total. The number of hydrogen-bond acceptors (Lipinski definition) is 3. The maximum absolute atomic E-state index is 5.47. The molecule has 0 fully saturated rings.